The van der Waals surface area contributed by atoms with Crippen molar-refractivity contribution in [3.63, 3.8) is 0 Å². The molecule has 2 aromatic heterocycles. The highest BCUT2D eigenvalue weighted by Crippen LogP contribution is 2.14. The number of rotatable bonds is 5. The molecule has 116 valence electrons. The summed E-state index contributed by atoms with van der Waals surface area (Å²) in [4.78, 5) is 24.7. The van der Waals surface area contributed by atoms with Gasteiger partial charge < -0.3 is 10.6 Å². The molecule has 0 aliphatic carbocycles. The Bertz CT molecular complexity index is 839. The quantitative estimate of drug-likeness (QED) is 0.704. The van der Waals surface area contributed by atoms with E-state index in [0.717, 1.165) is 5.52 Å². The number of carbonyl (C=O) groups excluding carboxylic acids is 1. The van der Waals surface area contributed by atoms with E-state index in [1.165, 1.54) is 0 Å². The van der Waals surface area contributed by atoms with Gasteiger partial charge >= 0.3 is 0 Å². The molecule has 0 unspecified atom stereocenters. The van der Waals surface area contributed by atoms with Crippen LogP contribution >= 0.6 is 11.6 Å². The van der Waals surface area contributed by atoms with Crippen LogP contribution in [0.25, 0.3) is 11.2 Å². The van der Waals surface area contributed by atoms with Crippen molar-refractivity contribution in [1.82, 2.24) is 20.3 Å². The average Bonchev–Trinajstić information content (AvgIpc) is 2.59. The van der Waals surface area contributed by atoms with Crippen molar-refractivity contribution >= 4 is 34.5 Å². The van der Waals surface area contributed by atoms with E-state index in [4.69, 9.17) is 11.6 Å². The van der Waals surface area contributed by atoms with Crippen LogP contribution in [-0.4, -0.2) is 33.9 Å². The molecule has 3 rings (SSSR count). The highest BCUT2D eigenvalue weighted by molar-refractivity contribution is 6.33. The standard InChI is InChI=1S/C16H14ClN5O/c17-12-4-2-1-3-11(12)16(23)21-10-8-19-14-6-5-13-15(22-14)20-9-7-18-13/h1-7,9H,8,10H2,(H,21,23)(H,19,20,22). The van der Waals surface area contributed by atoms with Crippen molar-refractivity contribution < 1.29 is 4.79 Å². The summed E-state index contributed by atoms with van der Waals surface area (Å²) in [6.45, 7) is 0.985. The molecule has 6 nitrogen and oxygen atoms in total. The largest absolute Gasteiger partial charge is 0.368 e. The molecule has 0 bridgehead atoms. The molecular weight excluding hydrogens is 314 g/mol. The van der Waals surface area contributed by atoms with Crippen molar-refractivity contribution in [2.75, 3.05) is 18.4 Å². The summed E-state index contributed by atoms with van der Waals surface area (Å²) in [5, 5.41) is 6.37. The van der Waals surface area contributed by atoms with E-state index in [-0.39, 0.29) is 5.91 Å². The molecule has 2 heterocycles. The van der Waals surface area contributed by atoms with Gasteiger partial charge in [-0.2, -0.15) is 0 Å². The van der Waals surface area contributed by atoms with Crippen LogP contribution < -0.4 is 10.6 Å². The summed E-state index contributed by atoms with van der Waals surface area (Å²) in [5.74, 6) is 0.486. The fourth-order valence-corrected chi connectivity index (χ4v) is 2.28. The van der Waals surface area contributed by atoms with Gasteiger partial charge in [-0.25, -0.2) is 9.97 Å². The van der Waals surface area contributed by atoms with Crippen molar-refractivity contribution in [2.24, 2.45) is 0 Å². The van der Waals surface area contributed by atoms with E-state index in [2.05, 4.69) is 25.6 Å². The summed E-state index contributed by atoms with van der Waals surface area (Å²) in [6, 6.07) is 10.6. The zero-order valence-electron chi connectivity index (χ0n) is 12.2. The monoisotopic (exact) mass is 327 g/mol. The van der Waals surface area contributed by atoms with Crippen LogP contribution in [-0.2, 0) is 0 Å². The lowest BCUT2D eigenvalue weighted by atomic mass is 10.2. The number of anilines is 1. The highest BCUT2D eigenvalue weighted by atomic mass is 35.5. The maximum atomic E-state index is 12.0. The lowest BCUT2D eigenvalue weighted by molar-refractivity contribution is 0.0955. The van der Waals surface area contributed by atoms with Gasteiger partial charge in [0.2, 0.25) is 0 Å². The minimum absolute atomic E-state index is 0.199. The third-order valence-electron chi connectivity index (χ3n) is 3.17. The van der Waals surface area contributed by atoms with Gasteiger partial charge in [-0.3, -0.25) is 9.78 Å². The summed E-state index contributed by atoms with van der Waals surface area (Å²) in [5.41, 5.74) is 1.79. The zero-order valence-corrected chi connectivity index (χ0v) is 12.9. The number of hydrogen-bond donors (Lipinski definition) is 2. The topological polar surface area (TPSA) is 79.8 Å². The molecule has 0 radical (unpaired) electrons. The molecule has 0 aliphatic heterocycles. The lowest BCUT2D eigenvalue weighted by Gasteiger charge is -2.08. The van der Waals surface area contributed by atoms with Crippen LogP contribution in [0.1, 0.15) is 10.4 Å². The van der Waals surface area contributed by atoms with Crippen LogP contribution in [0, 0.1) is 0 Å². The molecular formula is C16H14ClN5O. The van der Waals surface area contributed by atoms with Gasteiger partial charge in [0, 0.05) is 25.5 Å². The first-order valence-electron chi connectivity index (χ1n) is 7.08. The van der Waals surface area contributed by atoms with Gasteiger partial charge in [-0.05, 0) is 24.3 Å². The maximum absolute atomic E-state index is 12.0. The number of aromatic nitrogens is 3. The Labute approximate surface area is 137 Å². The number of nitrogens with zero attached hydrogens (tertiary/aromatic N) is 3. The summed E-state index contributed by atoms with van der Waals surface area (Å²) in [6.07, 6.45) is 3.23. The Balaban J connectivity index is 1.53. The number of hydrogen-bond acceptors (Lipinski definition) is 5. The molecule has 2 N–H and O–H groups in total. The lowest BCUT2D eigenvalue weighted by Crippen LogP contribution is -2.29. The van der Waals surface area contributed by atoms with E-state index in [9.17, 15) is 4.79 Å². The fourth-order valence-electron chi connectivity index (χ4n) is 2.06. The van der Waals surface area contributed by atoms with Crippen molar-refractivity contribution in [2.45, 2.75) is 0 Å². The van der Waals surface area contributed by atoms with Crippen LogP contribution in [0.15, 0.2) is 48.8 Å². The highest BCUT2D eigenvalue weighted by Gasteiger charge is 2.08. The van der Waals surface area contributed by atoms with Gasteiger partial charge in [0.25, 0.3) is 5.91 Å². The first-order chi connectivity index (χ1) is 11.2. The van der Waals surface area contributed by atoms with Crippen LogP contribution in [0.3, 0.4) is 0 Å². The van der Waals surface area contributed by atoms with Gasteiger partial charge in [0.05, 0.1) is 10.6 Å². The smallest absolute Gasteiger partial charge is 0.252 e. The maximum Gasteiger partial charge on any atom is 0.252 e. The van der Waals surface area contributed by atoms with Crippen molar-refractivity contribution in [3.05, 3.63) is 59.4 Å². The molecule has 7 heteroatoms. The van der Waals surface area contributed by atoms with Crippen molar-refractivity contribution in [3.8, 4) is 0 Å². The second-order valence-corrected chi connectivity index (χ2v) is 5.17. The Morgan fingerprint density at radius 3 is 2.74 bits per heavy atom. The van der Waals surface area contributed by atoms with E-state index < -0.39 is 0 Å². The second kappa shape index (κ2) is 7.02. The molecule has 0 saturated heterocycles. The Morgan fingerprint density at radius 1 is 1.04 bits per heavy atom. The van der Waals surface area contributed by atoms with E-state index in [0.29, 0.717) is 35.1 Å². The third-order valence-corrected chi connectivity index (χ3v) is 3.50. The molecule has 0 fully saturated rings. The second-order valence-electron chi connectivity index (χ2n) is 4.76. The average molecular weight is 328 g/mol. The van der Waals surface area contributed by atoms with Gasteiger partial charge in [0.15, 0.2) is 5.65 Å². The first-order valence-corrected chi connectivity index (χ1v) is 7.46. The third kappa shape index (κ3) is 3.73. The van der Waals surface area contributed by atoms with Crippen LogP contribution in [0.4, 0.5) is 5.82 Å². The predicted octanol–water partition coefficient (Wildman–Crippen LogP) is 2.52. The number of benzene rings is 1. The summed E-state index contributed by atoms with van der Waals surface area (Å²) < 4.78 is 0. The first kappa shape index (κ1) is 15.2. The number of halogens is 1. The molecule has 0 saturated carbocycles. The molecule has 0 spiro atoms. The van der Waals surface area contributed by atoms with E-state index in [1.807, 2.05) is 12.1 Å². The fraction of sp³-hybridized carbons (Fsp3) is 0.125. The summed E-state index contributed by atoms with van der Waals surface area (Å²) in [7, 11) is 0. The normalized spacial score (nSPS) is 10.5. The number of carbonyl (C=O) groups is 1. The Hall–Kier alpha value is -2.73. The number of amides is 1. The number of pyridine rings is 1. The molecule has 1 aromatic carbocycles. The van der Waals surface area contributed by atoms with Gasteiger partial charge in [-0.1, -0.05) is 23.7 Å². The molecule has 0 aliphatic rings. The molecule has 0 atom stereocenters. The minimum Gasteiger partial charge on any atom is -0.368 e. The zero-order chi connectivity index (χ0) is 16.1. The SMILES string of the molecule is O=C(NCCNc1ccc2nccnc2n1)c1ccccc1Cl. The molecule has 23 heavy (non-hydrogen) atoms. The van der Waals surface area contributed by atoms with E-state index in [1.54, 1.807) is 36.7 Å². The van der Waals surface area contributed by atoms with Gasteiger partial charge in [-0.15, -0.1) is 0 Å². The summed E-state index contributed by atoms with van der Waals surface area (Å²) >= 11 is 5.98. The number of fused-ring (bicyclic) bond motifs is 1. The minimum atomic E-state index is -0.199. The van der Waals surface area contributed by atoms with Crippen molar-refractivity contribution in [1.29, 1.82) is 0 Å². The Kier molecular flexibility index (Phi) is 4.63. The molecule has 1 amide bonds. The Morgan fingerprint density at radius 2 is 1.87 bits per heavy atom. The predicted molar refractivity (Wildman–Crippen MR) is 89.6 cm³/mol. The van der Waals surface area contributed by atoms with E-state index >= 15 is 0 Å². The van der Waals surface area contributed by atoms with Crippen LogP contribution in [0.2, 0.25) is 5.02 Å². The van der Waals surface area contributed by atoms with Crippen LogP contribution in [0.5, 0.6) is 0 Å². The number of nitrogens with one attached hydrogen (secondary N) is 2. The molecule has 3 aromatic rings. The van der Waals surface area contributed by atoms with Gasteiger partial charge in [0.1, 0.15) is 11.3 Å².